The van der Waals surface area contributed by atoms with Gasteiger partial charge in [-0.3, -0.25) is 0 Å². The highest BCUT2D eigenvalue weighted by molar-refractivity contribution is 6.60. The lowest BCUT2D eigenvalue weighted by molar-refractivity contribution is -0.0855. The third-order valence-corrected chi connectivity index (χ3v) is 5.23. The Balaban J connectivity index is 4.14. The minimum atomic E-state index is -2.53. The molecule has 0 aromatic carbocycles. The molecular formula is C11H26O5Si. The summed E-state index contributed by atoms with van der Waals surface area (Å²) in [4.78, 5) is 0. The predicted octanol–water partition coefficient (Wildman–Crippen LogP) is 1.78. The highest BCUT2D eigenvalue weighted by Crippen LogP contribution is 2.18. The van der Waals surface area contributed by atoms with E-state index in [4.69, 9.17) is 23.1 Å². The Labute approximate surface area is 105 Å². The van der Waals surface area contributed by atoms with Gasteiger partial charge in [-0.25, -0.2) is 0 Å². The Bertz CT molecular complexity index is 160. The number of hydrogen-bond acceptors (Lipinski definition) is 5. The normalized spacial score (nSPS) is 13.9. The van der Waals surface area contributed by atoms with Crippen LogP contribution in [0.25, 0.3) is 0 Å². The summed E-state index contributed by atoms with van der Waals surface area (Å²) in [6.07, 6.45) is 0.0364. The van der Waals surface area contributed by atoms with Crippen LogP contribution in [0.5, 0.6) is 0 Å². The molecule has 0 spiro atoms. The second-order valence-electron chi connectivity index (χ2n) is 3.56. The molecule has 104 valence electrons. The SMILES string of the molecule is CCO[Si](CCCOC(C)O)(OCC)OCC. The molecule has 17 heavy (non-hydrogen) atoms. The molecule has 0 aliphatic carbocycles. The van der Waals surface area contributed by atoms with Crippen molar-refractivity contribution in [3.05, 3.63) is 0 Å². The minimum absolute atomic E-state index is 0.486. The molecular weight excluding hydrogens is 240 g/mol. The summed E-state index contributed by atoms with van der Waals surface area (Å²) in [7, 11) is -2.53. The largest absolute Gasteiger partial charge is 0.501 e. The highest BCUT2D eigenvalue weighted by atomic mass is 28.4. The van der Waals surface area contributed by atoms with Gasteiger partial charge in [0.1, 0.15) is 0 Å². The van der Waals surface area contributed by atoms with Crippen LogP contribution in [0.1, 0.15) is 34.1 Å². The number of aliphatic hydroxyl groups is 1. The van der Waals surface area contributed by atoms with E-state index >= 15 is 0 Å². The molecule has 0 aromatic heterocycles. The predicted molar refractivity (Wildman–Crippen MR) is 67.7 cm³/mol. The van der Waals surface area contributed by atoms with Crippen LogP contribution in [0, 0.1) is 0 Å². The van der Waals surface area contributed by atoms with Gasteiger partial charge in [-0.1, -0.05) is 0 Å². The summed E-state index contributed by atoms with van der Waals surface area (Å²) >= 11 is 0. The van der Waals surface area contributed by atoms with Crippen LogP contribution in [0.15, 0.2) is 0 Å². The molecule has 1 N–H and O–H groups in total. The summed E-state index contributed by atoms with van der Waals surface area (Å²) < 4.78 is 22.2. The van der Waals surface area contributed by atoms with E-state index in [1.54, 1.807) is 6.92 Å². The van der Waals surface area contributed by atoms with Crippen LogP contribution < -0.4 is 0 Å². The Morgan fingerprint density at radius 2 is 1.47 bits per heavy atom. The van der Waals surface area contributed by atoms with E-state index in [1.165, 1.54) is 0 Å². The fourth-order valence-corrected chi connectivity index (χ4v) is 4.12. The molecule has 0 aliphatic rings. The van der Waals surface area contributed by atoms with Gasteiger partial charge < -0.3 is 23.1 Å². The zero-order valence-electron chi connectivity index (χ0n) is 11.4. The standard InChI is InChI=1S/C11H26O5Si/c1-5-14-17(15-6-2,16-7-3)10-8-9-13-11(4)12/h11-12H,5-10H2,1-4H3. The van der Waals surface area contributed by atoms with Crippen LogP contribution >= 0.6 is 0 Å². The van der Waals surface area contributed by atoms with Crippen LogP contribution in [0.3, 0.4) is 0 Å². The second kappa shape index (κ2) is 9.99. The average molecular weight is 266 g/mol. The van der Waals surface area contributed by atoms with Crippen molar-refractivity contribution in [2.75, 3.05) is 26.4 Å². The van der Waals surface area contributed by atoms with E-state index in [1.807, 2.05) is 20.8 Å². The molecule has 5 nitrogen and oxygen atoms in total. The quantitative estimate of drug-likeness (QED) is 0.351. The van der Waals surface area contributed by atoms with Gasteiger partial charge in [0.15, 0.2) is 6.29 Å². The summed E-state index contributed by atoms with van der Waals surface area (Å²) in [6.45, 7) is 9.65. The molecule has 1 atom stereocenters. The number of ether oxygens (including phenoxy) is 1. The molecule has 0 saturated carbocycles. The third-order valence-electron chi connectivity index (χ3n) is 2.08. The first-order valence-corrected chi connectivity index (χ1v) is 8.25. The summed E-state index contributed by atoms with van der Waals surface area (Å²) in [5, 5.41) is 8.99. The topological polar surface area (TPSA) is 57.2 Å². The van der Waals surface area contributed by atoms with E-state index in [-0.39, 0.29) is 0 Å². The number of aliphatic hydroxyl groups excluding tert-OH is 1. The molecule has 6 heteroatoms. The van der Waals surface area contributed by atoms with Gasteiger partial charge in [0, 0.05) is 32.5 Å². The van der Waals surface area contributed by atoms with Gasteiger partial charge in [0.05, 0.1) is 0 Å². The minimum Gasteiger partial charge on any atom is -0.374 e. The van der Waals surface area contributed by atoms with Crippen LogP contribution in [-0.2, 0) is 18.0 Å². The van der Waals surface area contributed by atoms with Crippen molar-refractivity contribution in [2.24, 2.45) is 0 Å². The zero-order chi connectivity index (χ0) is 13.1. The Hall–Kier alpha value is 0.0169. The summed E-state index contributed by atoms with van der Waals surface area (Å²) in [5.41, 5.74) is 0. The Morgan fingerprint density at radius 3 is 1.82 bits per heavy atom. The lowest BCUT2D eigenvalue weighted by Gasteiger charge is -2.28. The van der Waals surface area contributed by atoms with E-state index in [0.29, 0.717) is 26.4 Å². The molecule has 0 radical (unpaired) electrons. The van der Waals surface area contributed by atoms with Crippen LogP contribution in [0.4, 0.5) is 0 Å². The molecule has 0 heterocycles. The number of rotatable bonds is 11. The van der Waals surface area contributed by atoms with E-state index in [9.17, 15) is 0 Å². The van der Waals surface area contributed by atoms with E-state index < -0.39 is 15.1 Å². The van der Waals surface area contributed by atoms with Gasteiger partial charge in [0.2, 0.25) is 0 Å². The Kier molecular flexibility index (Phi) is 10.00. The van der Waals surface area contributed by atoms with Crippen molar-refractivity contribution in [2.45, 2.75) is 46.4 Å². The monoisotopic (exact) mass is 266 g/mol. The maximum Gasteiger partial charge on any atom is 0.501 e. The zero-order valence-corrected chi connectivity index (χ0v) is 12.4. The molecule has 0 aliphatic heterocycles. The first kappa shape index (κ1) is 17.0. The molecule has 1 unspecified atom stereocenters. The third kappa shape index (κ3) is 7.85. The molecule has 0 saturated heterocycles. The summed E-state index contributed by atoms with van der Waals surface area (Å²) in [6, 6.07) is 0.718. The fraction of sp³-hybridized carbons (Fsp3) is 1.00. The maximum atomic E-state index is 8.99. The van der Waals surface area contributed by atoms with Crippen molar-refractivity contribution in [1.29, 1.82) is 0 Å². The van der Waals surface area contributed by atoms with Crippen LogP contribution in [-0.4, -0.2) is 46.6 Å². The molecule has 0 bridgehead atoms. The van der Waals surface area contributed by atoms with Crippen molar-refractivity contribution < 1.29 is 23.1 Å². The first-order valence-electron chi connectivity index (χ1n) is 6.31. The molecule has 0 aromatic rings. The van der Waals surface area contributed by atoms with Gasteiger partial charge in [-0.2, -0.15) is 0 Å². The van der Waals surface area contributed by atoms with Gasteiger partial charge in [-0.15, -0.1) is 0 Å². The van der Waals surface area contributed by atoms with Crippen molar-refractivity contribution in [3.8, 4) is 0 Å². The lowest BCUT2D eigenvalue weighted by Crippen LogP contribution is -2.46. The van der Waals surface area contributed by atoms with Crippen LogP contribution in [0.2, 0.25) is 6.04 Å². The van der Waals surface area contributed by atoms with E-state index in [0.717, 1.165) is 12.5 Å². The second-order valence-corrected chi connectivity index (χ2v) is 6.29. The molecule has 0 rings (SSSR count). The maximum absolute atomic E-state index is 8.99. The van der Waals surface area contributed by atoms with Gasteiger partial charge in [-0.05, 0) is 34.1 Å². The number of hydrogen-bond donors (Lipinski definition) is 1. The Morgan fingerprint density at radius 1 is 1.00 bits per heavy atom. The smallest absolute Gasteiger partial charge is 0.374 e. The van der Waals surface area contributed by atoms with E-state index in [2.05, 4.69) is 0 Å². The summed E-state index contributed by atoms with van der Waals surface area (Å²) in [5.74, 6) is 0. The lowest BCUT2D eigenvalue weighted by atomic mass is 10.5. The van der Waals surface area contributed by atoms with Crippen molar-refractivity contribution in [1.82, 2.24) is 0 Å². The van der Waals surface area contributed by atoms with Gasteiger partial charge >= 0.3 is 8.80 Å². The fourth-order valence-electron chi connectivity index (χ4n) is 1.54. The van der Waals surface area contributed by atoms with Crippen molar-refractivity contribution >= 4 is 8.80 Å². The van der Waals surface area contributed by atoms with Crippen molar-refractivity contribution in [3.63, 3.8) is 0 Å². The highest BCUT2D eigenvalue weighted by Gasteiger charge is 2.39. The van der Waals surface area contributed by atoms with Gasteiger partial charge in [0.25, 0.3) is 0 Å². The average Bonchev–Trinajstić information content (AvgIpc) is 2.25. The molecule has 0 fully saturated rings. The molecule has 0 amide bonds. The first-order chi connectivity index (χ1) is 8.10.